The second kappa shape index (κ2) is 8.62. The van der Waals surface area contributed by atoms with Gasteiger partial charge in [0, 0.05) is 67.0 Å². The second-order valence-corrected chi connectivity index (χ2v) is 11.8. The molecule has 3 aliphatic heterocycles. The van der Waals surface area contributed by atoms with Gasteiger partial charge in [0.1, 0.15) is 5.82 Å². The molecule has 3 aromatic rings. The molecule has 7 rings (SSSR count). The third-order valence-electron chi connectivity index (χ3n) is 8.45. The van der Waals surface area contributed by atoms with Crippen LogP contribution in [-0.4, -0.2) is 79.5 Å². The van der Waals surface area contributed by atoms with Crippen LogP contribution in [0.25, 0.3) is 5.69 Å². The van der Waals surface area contributed by atoms with Crippen LogP contribution < -0.4 is 4.90 Å². The summed E-state index contributed by atoms with van der Waals surface area (Å²) in [7, 11) is 0. The number of likely N-dealkylation sites (tertiary alicyclic amines) is 1. The highest BCUT2D eigenvalue weighted by Crippen LogP contribution is 2.56. The van der Waals surface area contributed by atoms with Gasteiger partial charge in [0.15, 0.2) is 5.82 Å². The number of benzene rings is 1. The minimum atomic E-state index is -4.18. The van der Waals surface area contributed by atoms with Crippen LogP contribution in [0.15, 0.2) is 30.5 Å². The van der Waals surface area contributed by atoms with Crippen LogP contribution in [0.5, 0.6) is 0 Å². The third kappa shape index (κ3) is 4.24. The number of hydrogen-bond donors (Lipinski definition) is 0. The normalized spacial score (nSPS) is 21.9. The summed E-state index contributed by atoms with van der Waals surface area (Å²) >= 11 is 6.37. The summed E-state index contributed by atoms with van der Waals surface area (Å²) < 4.78 is 40.7. The van der Waals surface area contributed by atoms with E-state index >= 15 is 0 Å². The highest BCUT2D eigenvalue weighted by atomic mass is 35.5. The number of anilines is 1. The Morgan fingerprint density at radius 1 is 1.08 bits per heavy atom. The fourth-order valence-corrected chi connectivity index (χ4v) is 6.84. The Morgan fingerprint density at radius 2 is 1.87 bits per heavy atom. The van der Waals surface area contributed by atoms with Gasteiger partial charge < -0.3 is 4.90 Å². The highest BCUT2D eigenvalue weighted by molar-refractivity contribution is 6.30. The Morgan fingerprint density at radius 3 is 2.61 bits per heavy atom. The maximum absolute atomic E-state index is 12.8. The summed E-state index contributed by atoms with van der Waals surface area (Å²) in [4.78, 5) is 14.9. The summed E-state index contributed by atoms with van der Waals surface area (Å²) in [6.07, 6.45) is -0.296. The average molecular weight is 545 g/mol. The number of fused-ring (bicyclic) bond motifs is 3. The van der Waals surface area contributed by atoms with Crippen molar-refractivity contribution in [3.8, 4) is 5.69 Å². The Balaban J connectivity index is 1.09. The first kappa shape index (κ1) is 24.3. The van der Waals surface area contributed by atoms with Gasteiger partial charge in [-0.25, -0.2) is 9.97 Å². The molecule has 0 bridgehead atoms. The van der Waals surface area contributed by atoms with E-state index in [0.717, 1.165) is 60.5 Å². The van der Waals surface area contributed by atoms with Crippen molar-refractivity contribution in [2.45, 2.75) is 51.0 Å². The molecule has 8 nitrogen and oxygen atoms in total. The zero-order chi connectivity index (χ0) is 26.2. The number of aryl methyl sites for hydroxylation is 1. The van der Waals surface area contributed by atoms with Crippen LogP contribution in [0.4, 0.5) is 19.1 Å². The maximum Gasteiger partial charge on any atom is 0.401 e. The van der Waals surface area contributed by atoms with E-state index in [1.54, 1.807) is 0 Å². The van der Waals surface area contributed by atoms with Crippen LogP contribution in [-0.2, 0) is 13.1 Å². The molecule has 3 fully saturated rings. The van der Waals surface area contributed by atoms with Crippen LogP contribution in [0.3, 0.4) is 0 Å². The van der Waals surface area contributed by atoms with E-state index in [0.29, 0.717) is 37.1 Å². The molecule has 1 aromatic carbocycles. The average Bonchev–Trinajstić information content (AvgIpc) is 3.09. The summed E-state index contributed by atoms with van der Waals surface area (Å²) in [5.41, 5.74) is 3.29. The minimum absolute atomic E-state index is 0.0349. The van der Waals surface area contributed by atoms with Crippen LogP contribution in [0.1, 0.15) is 41.7 Å². The van der Waals surface area contributed by atoms with Crippen molar-refractivity contribution in [2.24, 2.45) is 5.41 Å². The number of hydrogen-bond acceptors (Lipinski definition) is 7. The maximum atomic E-state index is 12.8. The predicted molar refractivity (Wildman–Crippen MR) is 135 cm³/mol. The SMILES string of the molecule is Cc1ccnc(N2CC3(CC(c4nnc5n4-c4ccc(Cl)cc4CN(C4CN(CC(F)(F)F)C4)C5)C3)C2)n1. The molecular formula is C26H28ClF3N8. The monoisotopic (exact) mass is 544 g/mol. The molecule has 1 aliphatic carbocycles. The molecule has 1 saturated carbocycles. The molecule has 2 saturated heterocycles. The van der Waals surface area contributed by atoms with Crippen molar-refractivity contribution in [3.63, 3.8) is 0 Å². The number of aromatic nitrogens is 5. The molecule has 0 amide bonds. The van der Waals surface area contributed by atoms with Gasteiger partial charge in [-0.2, -0.15) is 13.2 Å². The minimum Gasteiger partial charge on any atom is -0.340 e. The van der Waals surface area contributed by atoms with Crippen molar-refractivity contribution in [3.05, 3.63) is 58.4 Å². The lowest BCUT2D eigenvalue weighted by atomic mass is 9.57. The molecule has 2 aromatic heterocycles. The van der Waals surface area contributed by atoms with Crippen molar-refractivity contribution >= 4 is 17.5 Å². The molecule has 1 spiro atoms. The number of alkyl halides is 3. The first-order valence-electron chi connectivity index (χ1n) is 13.0. The van der Waals surface area contributed by atoms with E-state index in [1.165, 1.54) is 4.90 Å². The van der Waals surface area contributed by atoms with Crippen LogP contribution >= 0.6 is 11.6 Å². The first-order valence-corrected chi connectivity index (χ1v) is 13.3. The quantitative estimate of drug-likeness (QED) is 0.492. The molecule has 0 unspecified atom stereocenters. The lowest BCUT2D eigenvalue weighted by Crippen LogP contribution is -2.62. The molecule has 12 heteroatoms. The van der Waals surface area contributed by atoms with E-state index in [2.05, 4.69) is 34.5 Å². The Bertz CT molecular complexity index is 1370. The Labute approximate surface area is 223 Å². The molecule has 0 atom stereocenters. The fourth-order valence-electron chi connectivity index (χ4n) is 6.65. The summed E-state index contributed by atoms with van der Waals surface area (Å²) in [6.45, 7) is 4.95. The summed E-state index contributed by atoms with van der Waals surface area (Å²) in [5, 5.41) is 9.88. The van der Waals surface area contributed by atoms with Crippen molar-refractivity contribution < 1.29 is 13.2 Å². The van der Waals surface area contributed by atoms with E-state index in [4.69, 9.17) is 11.6 Å². The second-order valence-electron chi connectivity index (χ2n) is 11.4. The Hall–Kier alpha value is -2.76. The van der Waals surface area contributed by atoms with E-state index in [1.807, 2.05) is 37.4 Å². The van der Waals surface area contributed by atoms with Crippen LogP contribution in [0.2, 0.25) is 5.02 Å². The van der Waals surface area contributed by atoms with Gasteiger partial charge in [-0.1, -0.05) is 11.6 Å². The van der Waals surface area contributed by atoms with Gasteiger partial charge in [-0.15, -0.1) is 10.2 Å². The first-order chi connectivity index (χ1) is 18.1. The predicted octanol–water partition coefficient (Wildman–Crippen LogP) is 3.97. The van der Waals surface area contributed by atoms with E-state index < -0.39 is 12.7 Å². The molecular weight excluding hydrogens is 517 g/mol. The molecule has 0 N–H and O–H groups in total. The Kier molecular flexibility index (Phi) is 5.51. The third-order valence-corrected chi connectivity index (χ3v) is 8.69. The lowest BCUT2D eigenvalue weighted by Gasteiger charge is -2.58. The van der Waals surface area contributed by atoms with Crippen molar-refractivity contribution in [2.75, 3.05) is 37.6 Å². The van der Waals surface area contributed by atoms with Crippen molar-refractivity contribution in [1.82, 2.24) is 34.5 Å². The van der Waals surface area contributed by atoms with E-state index in [9.17, 15) is 13.2 Å². The van der Waals surface area contributed by atoms with Crippen LogP contribution in [0, 0.1) is 12.3 Å². The smallest absolute Gasteiger partial charge is 0.340 e. The zero-order valence-corrected chi connectivity index (χ0v) is 21.8. The van der Waals surface area contributed by atoms with E-state index in [-0.39, 0.29) is 11.5 Å². The molecule has 38 heavy (non-hydrogen) atoms. The molecule has 4 aliphatic rings. The van der Waals surface area contributed by atoms with Gasteiger partial charge in [-0.3, -0.25) is 14.4 Å². The van der Waals surface area contributed by atoms with Gasteiger partial charge in [-0.05, 0) is 49.6 Å². The van der Waals surface area contributed by atoms with Gasteiger partial charge in [0.25, 0.3) is 0 Å². The molecule has 200 valence electrons. The summed E-state index contributed by atoms with van der Waals surface area (Å²) in [6, 6.07) is 7.80. The van der Waals surface area contributed by atoms with Crippen molar-refractivity contribution in [1.29, 1.82) is 0 Å². The zero-order valence-electron chi connectivity index (χ0n) is 21.0. The topological polar surface area (TPSA) is 66.2 Å². The number of rotatable bonds is 4. The van der Waals surface area contributed by atoms with Gasteiger partial charge in [0.2, 0.25) is 5.95 Å². The van der Waals surface area contributed by atoms with Gasteiger partial charge in [0.05, 0.1) is 18.8 Å². The summed E-state index contributed by atoms with van der Waals surface area (Å²) in [5.74, 6) is 2.90. The number of nitrogens with zero attached hydrogens (tertiary/aromatic N) is 8. The lowest BCUT2D eigenvalue weighted by molar-refractivity contribution is -0.161. The number of halogens is 4. The van der Waals surface area contributed by atoms with Gasteiger partial charge >= 0.3 is 6.18 Å². The fraction of sp³-hybridized carbons (Fsp3) is 0.538. The largest absolute Gasteiger partial charge is 0.401 e. The standard InChI is InChI=1S/C26H28ClF3N8/c1-16-4-5-31-24(32-16)37-13-25(14-37)7-18(8-25)23-34-33-22-12-36(20-10-35(11-20)15-26(28,29)30)9-17-6-19(27)2-3-21(17)38(22)23/h2-6,18,20H,7-15H2,1H3. The highest BCUT2D eigenvalue weighted by Gasteiger charge is 2.55. The molecule has 5 heterocycles. The molecule has 0 radical (unpaired) electrons.